The van der Waals surface area contributed by atoms with Crippen molar-refractivity contribution in [3.63, 3.8) is 0 Å². The van der Waals surface area contributed by atoms with Crippen molar-refractivity contribution in [2.75, 3.05) is 5.75 Å². The summed E-state index contributed by atoms with van der Waals surface area (Å²) in [5.74, 6) is 0.368. The van der Waals surface area contributed by atoms with Crippen LogP contribution in [0, 0.1) is 0 Å². The van der Waals surface area contributed by atoms with Gasteiger partial charge in [0, 0.05) is 0 Å². The highest BCUT2D eigenvalue weighted by atomic mass is 32.2. The van der Waals surface area contributed by atoms with Gasteiger partial charge in [-0.25, -0.2) is 0 Å². The second-order valence-corrected chi connectivity index (χ2v) is 7.33. The average molecular weight is 381 g/mol. The highest BCUT2D eigenvalue weighted by Gasteiger charge is 2.21. The number of phenols is 1. The number of aromatic hydroxyl groups is 1. The van der Waals surface area contributed by atoms with E-state index in [2.05, 4.69) is 33.0 Å². The number of benzene rings is 2. The molecule has 3 aromatic rings. The van der Waals surface area contributed by atoms with Gasteiger partial charge in [-0.1, -0.05) is 36.0 Å². The fourth-order valence-electron chi connectivity index (χ4n) is 3.29. The molecule has 4 rings (SSSR count). The van der Waals surface area contributed by atoms with Crippen molar-refractivity contribution in [1.82, 2.24) is 25.5 Å². The topological polar surface area (TPSA) is 92.9 Å². The fraction of sp³-hybridized carbons (Fsp3) is 0.263. The molecule has 2 N–H and O–H groups in total. The molecule has 1 aromatic heterocycles. The van der Waals surface area contributed by atoms with E-state index in [1.54, 1.807) is 28.9 Å². The van der Waals surface area contributed by atoms with E-state index in [-0.39, 0.29) is 23.5 Å². The summed E-state index contributed by atoms with van der Waals surface area (Å²) in [6, 6.07) is 14.9. The number of thioether (sulfide) groups is 1. The molecule has 0 saturated carbocycles. The number of fused-ring (bicyclic) bond motifs is 1. The van der Waals surface area contributed by atoms with Crippen molar-refractivity contribution >= 4 is 17.7 Å². The van der Waals surface area contributed by atoms with Crippen molar-refractivity contribution < 1.29 is 9.90 Å². The summed E-state index contributed by atoms with van der Waals surface area (Å²) in [5, 5.41) is 24.7. The van der Waals surface area contributed by atoms with Gasteiger partial charge in [0.05, 0.1) is 17.5 Å². The lowest BCUT2D eigenvalue weighted by atomic mass is 9.88. The first-order valence-electron chi connectivity index (χ1n) is 8.78. The zero-order valence-corrected chi connectivity index (χ0v) is 15.4. The third kappa shape index (κ3) is 3.95. The number of rotatable bonds is 5. The molecule has 2 aromatic carbocycles. The Morgan fingerprint density at radius 1 is 1.22 bits per heavy atom. The Balaban J connectivity index is 1.40. The van der Waals surface area contributed by atoms with Gasteiger partial charge < -0.3 is 10.4 Å². The van der Waals surface area contributed by atoms with Gasteiger partial charge in [0.25, 0.3) is 0 Å². The summed E-state index contributed by atoms with van der Waals surface area (Å²) < 4.78 is 1.55. The summed E-state index contributed by atoms with van der Waals surface area (Å²) in [6.45, 7) is 0. The number of aromatic nitrogens is 4. The summed E-state index contributed by atoms with van der Waals surface area (Å²) in [4.78, 5) is 12.5. The number of aryl methyl sites for hydroxylation is 1. The van der Waals surface area contributed by atoms with Crippen LogP contribution in [-0.2, 0) is 11.2 Å². The Kier molecular flexibility index (Phi) is 5.06. The number of tetrazole rings is 1. The third-order valence-electron chi connectivity index (χ3n) is 4.57. The molecular formula is C19H19N5O2S. The number of nitrogens with one attached hydrogen (secondary N) is 1. The van der Waals surface area contributed by atoms with Gasteiger partial charge in [0.2, 0.25) is 11.1 Å². The quantitative estimate of drug-likeness (QED) is 0.660. The molecule has 1 amide bonds. The SMILES string of the molecule is O=C(CSc1nnnn1-c1ccc(O)cc1)NC1CCCc2ccccc21. The minimum absolute atomic E-state index is 0.0399. The number of nitrogens with zero attached hydrogens (tertiary/aromatic N) is 4. The summed E-state index contributed by atoms with van der Waals surface area (Å²) in [6.07, 6.45) is 3.10. The van der Waals surface area contributed by atoms with Crippen LogP contribution in [0.2, 0.25) is 0 Å². The minimum atomic E-state index is -0.0399. The lowest BCUT2D eigenvalue weighted by molar-refractivity contribution is -0.119. The lowest BCUT2D eigenvalue weighted by Gasteiger charge is -2.26. The second kappa shape index (κ2) is 7.79. The molecule has 0 bridgehead atoms. The van der Waals surface area contributed by atoms with Crippen LogP contribution in [0.3, 0.4) is 0 Å². The Labute approximate surface area is 160 Å². The predicted octanol–water partition coefficient (Wildman–Crippen LogP) is 2.65. The zero-order chi connectivity index (χ0) is 18.6. The van der Waals surface area contributed by atoms with Crippen LogP contribution >= 0.6 is 11.8 Å². The van der Waals surface area contributed by atoms with Gasteiger partial charge in [0.1, 0.15) is 5.75 Å². The minimum Gasteiger partial charge on any atom is -0.508 e. The zero-order valence-electron chi connectivity index (χ0n) is 14.6. The second-order valence-electron chi connectivity index (χ2n) is 6.39. The van der Waals surface area contributed by atoms with Gasteiger partial charge in [-0.05, 0) is 65.1 Å². The molecule has 0 saturated heterocycles. The van der Waals surface area contributed by atoms with E-state index in [4.69, 9.17) is 0 Å². The van der Waals surface area contributed by atoms with Crippen LogP contribution in [-0.4, -0.2) is 37.0 Å². The Morgan fingerprint density at radius 2 is 2.04 bits per heavy atom. The first-order chi connectivity index (χ1) is 13.2. The number of phenolic OH excluding ortho intramolecular Hbond substituents is 1. The number of hydrogen-bond donors (Lipinski definition) is 2. The number of amides is 1. The van der Waals surface area contributed by atoms with Crippen LogP contribution in [0.5, 0.6) is 5.75 Å². The van der Waals surface area contributed by atoms with Gasteiger partial charge in [-0.2, -0.15) is 4.68 Å². The van der Waals surface area contributed by atoms with E-state index in [1.807, 2.05) is 12.1 Å². The van der Waals surface area contributed by atoms with E-state index in [0.717, 1.165) is 24.9 Å². The molecule has 138 valence electrons. The van der Waals surface area contributed by atoms with Gasteiger partial charge >= 0.3 is 0 Å². The maximum Gasteiger partial charge on any atom is 0.230 e. The molecule has 1 aliphatic carbocycles. The van der Waals surface area contributed by atoms with Crippen molar-refractivity contribution in [2.45, 2.75) is 30.5 Å². The molecular weight excluding hydrogens is 362 g/mol. The van der Waals surface area contributed by atoms with Crippen molar-refractivity contribution in [1.29, 1.82) is 0 Å². The average Bonchev–Trinajstić information content (AvgIpc) is 3.16. The molecule has 0 fully saturated rings. The van der Waals surface area contributed by atoms with Gasteiger partial charge in [-0.15, -0.1) is 5.10 Å². The molecule has 8 heteroatoms. The number of carbonyl (C=O) groups excluding carboxylic acids is 1. The van der Waals surface area contributed by atoms with Crippen LogP contribution < -0.4 is 5.32 Å². The van der Waals surface area contributed by atoms with Crippen LogP contribution in [0.1, 0.15) is 30.0 Å². The van der Waals surface area contributed by atoms with Crippen LogP contribution in [0.15, 0.2) is 53.7 Å². The summed E-state index contributed by atoms with van der Waals surface area (Å²) in [5.41, 5.74) is 3.26. The molecule has 7 nitrogen and oxygen atoms in total. The highest BCUT2D eigenvalue weighted by Crippen LogP contribution is 2.29. The van der Waals surface area contributed by atoms with Gasteiger partial charge in [0.15, 0.2) is 0 Å². The normalized spacial score (nSPS) is 15.9. The highest BCUT2D eigenvalue weighted by molar-refractivity contribution is 7.99. The molecule has 0 aliphatic heterocycles. The molecule has 0 spiro atoms. The van der Waals surface area contributed by atoms with Gasteiger partial charge in [-0.3, -0.25) is 4.79 Å². The molecule has 0 radical (unpaired) electrons. The Morgan fingerprint density at radius 3 is 2.89 bits per heavy atom. The van der Waals surface area contributed by atoms with E-state index >= 15 is 0 Å². The predicted molar refractivity (Wildman–Crippen MR) is 102 cm³/mol. The van der Waals surface area contributed by atoms with Crippen LogP contribution in [0.25, 0.3) is 5.69 Å². The van der Waals surface area contributed by atoms with Crippen LogP contribution in [0.4, 0.5) is 0 Å². The summed E-state index contributed by atoms with van der Waals surface area (Å²) in [7, 11) is 0. The largest absolute Gasteiger partial charge is 0.508 e. The summed E-state index contributed by atoms with van der Waals surface area (Å²) >= 11 is 1.28. The third-order valence-corrected chi connectivity index (χ3v) is 5.49. The van der Waals surface area contributed by atoms with E-state index < -0.39 is 0 Å². The first kappa shape index (κ1) is 17.5. The van der Waals surface area contributed by atoms with Crippen molar-refractivity contribution in [2.24, 2.45) is 0 Å². The smallest absolute Gasteiger partial charge is 0.230 e. The molecule has 1 atom stereocenters. The Bertz CT molecular complexity index is 941. The molecule has 1 aliphatic rings. The lowest BCUT2D eigenvalue weighted by Crippen LogP contribution is -2.32. The molecule has 27 heavy (non-hydrogen) atoms. The standard InChI is InChI=1S/C19H19N5O2S/c25-15-10-8-14(9-11-15)24-19(21-22-23-24)27-12-18(26)20-17-7-3-5-13-4-1-2-6-16(13)17/h1-2,4,6,8-11,17,25H,3,5,7,12H2,(H,20,26). The monoisotopic (exact) mass is 381 g/mol. The van der Waals surface area contributed by atoms with Crippen molar-refractivity contribution in [3.05, 3.63) is 59.7 Å². The molecule has 1 unspecified atom stereocenters. The maximum atomic E-state index is 12.5. The van der Waals surface area contributed by atoms with E-state index in [9.17, 15) is 9.90 Å². The number of hydrogen-bond acceptors (Lipinski definition) is 6. The fourth-order valence-corrected chi connectivity index (χ4v) is 4.00. The number of carbonyl (C=O) groups is 1. The first-order valence-corrected chi connectivity index (χ1v) is 9.77. The molecule has 1 heterocycles. The maximum absolute atomic E-state index is 12.5. The Hall–Kier alpha value is -2.87. The van der Waals surface area contributed by atoms with Crippen molar-refractivity contribution in [3.8, 4) is 11.4 Å². The van der Waals surface area contributed by atoms with E-state index in [0.29, 0.717) is 5.16 Å². The van der Waals surface area contributed by atoms with E-state index in [1.165, 1.54) is 22.9 Å².